The molecule has 0 aliphatic carbocycles. The van der Waals surface area contributed by atoms with Crippen LogP contribution in [-0.2, 0) is 17.9 Å². The highest BCUT2D eigenvalue weighted by molar-refractivity contribution is 5.72. The predicted molar refractivity (Wildman–Crippen MR) is 71.8 cm³/mol. The summed E-state index contributed by atoms with van der Waals surface area (Å²) in [6.07, 6.45) is 3.77. The van der Waals surface area contributed by atoms with Gasteiger partial charge < -0.3 is 9.67 Å². The van der Waals surface area contributed by atoms with Crippen molar-refractivity contribution in [2.75, 3.05) is 26.2 Å². The predicted octanol–water partition coefficient (Wildman–Crippen LogP) is 0.494. The van der Waals surface area contributed by atoms with Crippen LogP contribution in [0, 0.1) is 0 Å². The molecule has 0 radical (unpaired) electrons. The van der Waals surface area contributed by atoms with Gasteiger partial charge in [-0.2, -0.15) is 0 Å². The van der Waals surface area contributed by atoms with Crippen molar-refractivity contribution < 1.29 is 9.90 Å². The minimum absolute atomic E-state index is 0.386. The molecular weight excluding hydrogens is 244 g/mol. The van der Waals surface area contributed by atoms with E-state index in [-0.39, 0.29) is 6.04 Å². The van der Waals surface area contributed by atoms with Crippen LogP contribution in [0.2, 0.25) is 0 Å². The number of aryl methyl sites for hydroxylation is 1. The van der Waals surface area contributed by atoms with Gasteiger partial charge in [-0.15, -0.1) is 0 Å². The zero-order chi connectivity index (χ0) is 13.8. The molecule has 2 rings (SSSR count). The molecule has 6 heteroatoms. The fourth-order valence-corrected chi connectivity index (χ4v) is 2.46. The third-order valence-corrected chi connectivity index (χ3v) is 3.84. The Morgan fingerprint density at radius 2 is 2.11 bits per heavy atom. The van der Waals surface area contributed by atoms with Crippen LogP contribution in [0.3, 0.4) is 0 Å². The van der Waals surface area contributed by atoms with Gasteiger partial charge >= 0.3 is 5.97 Å². The number of rotatable bonds is 5. The van der Waals surface area contributed by atoms with E-state index in [1.807, 2.05) is 17.4 Å². The number of carbonyl (C=O) groups is 1. The van der Waals surface area contributed by atoms with E-state index in [1.165, 1.54) is 5.69 Å². The number of hydrogen-bond acceptors (Lipinski definition) is 4. The summed E-state index contributed by atoms with van der Waals surface area (Å²) in [5, 5.41) is 9.01. The van der Waals surface area contributed by atoms with Crippen molar-refractivity contribution >= 4 is 5.97 Å². The maximum atomic E-state index is 11.0. The zero-order valence-electron chi connectivity index (χ0n) is 11.6. The van der Waals surface area contributed by atoms with Crippen molar-refractivity contribution in [3.8, 4) is 0 Å². The number of piperazine rings is 1. The van der Waals surface area contributed by atoms with Crippen LogP contribution < -0.4 is 0 Å². The monoisotopic (exact) mass is 266 g/mol. The average molecular weight is 266 g/mol. The van der Waals surface area contributed by atoms with Gasteiger partial charge in [0.05, 0.1) is 12.0 Å². The smallest absolute Gasteiger partial charge is 0.320 e. The molecule has 1 aliphatic heterocycles. The number of aliphatic carboxylic acids is 1. The number of nitrogens with zero attached hydrogens (tertiary/aromatic N) is 4. The minimum atomic E-state index is -0.738. The van der Waals surface area contributed by atoms with Gasteiger partial charge in [-0.1, -0.05) is 0 Å². The number of hydrogen-bond donors (Lipinski definition) is 1. The van der Waals surface area contributed by atoms with Gasteiger partial charge in [-0.3, -0.25) is 14.6 Å². The molecule has 0 aromatic carbocycles. The van der Waals surface area contributed by atoms with Crippen molar-refractivity contribution in [1.29, 1.82) is 0 Å². The van der Waals surface area contributed by atoms with Gasteiger partial charge in [0.1, 0.15) is 6.04 Å². The second kappa shape index (κ2) is 6.16. The number of carboxylic acids is 1. The summed E-state index contributed by atoms with van der Waals surface area (Å²) < 4.78 is 2.15. The quantitative estimate of drug-likeness (QED) is 0.840. The van der Waals surface area contributed by atoms with Gasteiger partial charge in [0.2, 0.25) is 0 Å². The van der Waals surface area contributed by atoms with Crippen molar-refractivity contribution in [2.24, 2.45) is 0 Å². The minimum Gasteiger partial charge on any atom is -0.480 e. The molecule has 6 nitrogen and oxygen atoms in total. The molecule has 0 bridgehead atoms. The third-order valence-electron chi connectivity index (χ3n) is 3.84. The lowest BCUT2D eigenvalue weighted by atomic mass is 10.2. The second-order valence-corrected chi connectivity index (χ2v) is 5.00. The van der Waals surface area contributed by atoms with E-state index in [1.54, 1.807) is 6.92 Å². The van der Waals surface area contributed by atoms with Crippen LogP contribution >= 0.6 is 0 Å². The van der Waals surface area contributed by atoms with E-state index in [0.717, 1.165) is 39.3 Å². The van der Waals surface area contributed by atoms with E-state index >= 15 is 0 Å². The highest BCUT2D eigenvalue weighted by Gasteiger charge is 2.25. The molecule has 19 heavy (non-hydrogen) atoms. The summed E-state index contributed by atoms with van der Waals surface area (Å²) in [5.41, 5.74) is 1.22. The first-order chi connectivity index (χ1) is 9.11. The Bertz CT molecular complexity index is 424. The first kappa shape index (κ1) is 14.0. The molecular formula is C13H22N4O2. The SMILES string of the molecule is CCn1cncc1CN1CCN(C(C)C(=O)O)CC1. The standard InChI is InChI=1S/C13H22N4O2/c1-3-16-10-14-8-12(16)9-15-4-6-17(7-5-15)11(2)13(18)19/h8,10-11H,3-7,9H2,1-2H3,(H,18,19). The largest absolute Gasteiger partial charge is 0.480 e. The number of imidazole rings is 1. The van der Waals surface area contributed by atoms with Crippen LogP contribution in [0.5, 0.6) is 0 Å². The molecule has 1 unspecified atom stereocenters. The Hall–Kier alpha value is -1.40. The average Bonchev–Trinajstić information content (AvgIpc) is 2.86. The summed E-state index contributed by atoms with van der Waals surface area (Å²) in [7, 11) is 0. The lowest BCUT2D eigenvalue weighted by Crippen LogP contribution is -2.51. The molecule has 1 saturated heterocycles. The van der Waals surface area contributed by atoms with Crippen LogP contribution in [0.4, 0.5) is 0 Å². The van der Waals surface area contributed by atoms with Crippen molar-refractivity contribution in [3.63, 3.8) is 0 Å². The van der Waals surface area contributed by atoms with Crippen LogP contribution in [0.25, 0.3) is 0 Å². The Morgan fingerprint density at radius 3 is 2.68 bits per heavy atom. The maximum Gasteiger partial charge on any atom is 0.320 e. The summed E-state index contributed by atoms with van der Waals surface area (Å²) in [5.74, 6) is -0.738. The van der Waals surface area contributed by atoms with Gasteiger partial charge in [0.15, 0.2) is 0 Å². The molecule has 1 aliphatic rings. The lowest BCUT2D eigenvalue weighted by molar-refractivity contribution is -0.143. The van der Waals surface area contributed by atoms with Gasteiger partial charge in [-0.25, -0.2) is 4.98 Å². The summed E-state index contributed by atoms with van der Waals surface area (Å²) >= 11 is 0. The summed E-state index contributed by atoms with van der Waals surface area (Å²) in [6, 6.07) is -0.386. The fraction of sp³-hybridized carbons (Fsp3) is 0.692. The van der Waals surface area contributed by atoms with E-state index in [4.69, 9.17) is 5.11 Å². The molecule has 1 aromatic rings. The molecule has 1 fully saturated rings. The molecule has 0 saturated carbocycles. The Morgan fingerprint density at radius 1 is 1.42 bits per heavy atom. The normalized spacial score (nSPS) is 19.5. The number of aromatic nitrogens is 2. The second-order valence-electron chi connectivity index (χ2n) is 5.00. The van der Waals surface area contributed by atoms with Crippen molar-refractivity contribution in [1.82, 2.24) is 19.4 Å². The summed E-state index contributed by atoms with van der Waals surface area (Å²) in [4.78, 5) is 19.5. The Labute approximate surface area is 113 Å². The first-order valence-corrected chi connectivity index (χ1v) is 6.80. The molecule has 0 amide bonds. The molecule has 0 spiro atoms. The van der Waals surface area contributed by atoms with E-state index in [2.05, 4.69) is 21.4 Å². The van der Waals surface area contributed by atoms with Crippen LogP contribution in [0.15, 0.2) is 12.5 Å². The third kappa shape index (κ3) is 3.33. The zero-order valence-corrected chi connectivity index (χ0v) is 11.6. The molecule has 1 N–H and O–H groups in total. The maximum absolute atomic E-state index is 11.0. The van der Waals surface area contributed by atoms with E-state index in [0.29, 0.717) is 0 Å². The molecule has 2 heterocycles. The van der Waals surface area contributed by atoms with Crippen LogP contribution in [-0.4, -0.2) is 62.6 Å². The lowest BCUT2D eigenvalue weighted by Gasteiger charge is -2.36. The molecule has 1 atom stereocenters. The van der Waals surface area contributed by atoms with Crippen molar-refractivity contribution in [3.05, 3.63) is 18.2 Å². The molecule has 106 valence electrons. The van der Waals surface area contributed by atoms with E-state index < -0.39 is 5.97 Å². The fourth-order valence-electron chi connectivity index (χ4n) is 2.46. The van der Waals surface area contributed by atoms with E-state index in [9.17, 15) is 4.79 Å². The highest BCUT2D eigenvalue weighted by atomic mass is 16.4. The summed E-state index contributed by atoms with van der Waals surface area (Å²) in [6.45, 7) is 9.14. The first-order valence-electron chi connectivity index (χ1n) is 6.80. The Balaban J connectivity index is 1.85. The van der Waals surface area contributed by atoms with Gasteiger partial charge in [0.25, 0.3) is 0 Å². The van der Waals surface area contributed by atoms with Crippen molar-refractivity contribution in [2.45, 2.75) is 33.0 Å². The Kier molecular flexibility index (Phi) is 4.55. The number of carboxylic acid groups (broad SMARTS) is 1. The molecule has 1 aromatic heterocycles. The van der Waals surface area contributed by atoms with Gasteiger partial charge in [-0.05, 0) is 13.8 Å². The topological polar surface area (TPSA) is 61.6 Å². The van der Waals surface area contributed by atoms with Gasteiger partial charge in [0, 0.05) is 45.5 Å². The van der Waals surface area contributed by atoms with Crippen LogP contribution in [0.1, 0.15) is 19.5 Å². The highest BCUT2D eigenvalue weighted by Crippen LogP contribution is 2.10.